The van der Waals surface area contributed by atoms with Crippen LogP contribution in [-0.4, -0.2) is 19.3 Å². The van der Waals surface area contributed by atoms with Crippen LogP contribution in [0, 0.1) is 0 Å². The Balaban J connectivity index is 1.82. The van der Waals surface area contributed by atoms with Gasteiger partial charge in [0.15, 0.2) is 0 Å². The van der Waals surface area contributed by atoms with Crippen molar-refractivity contribution in [2.75, 3.05) is 0 Å². The summed E-state index contributed by atoms with van der Waals surface area (Å²) in [5, 5.41) is 5.09. The molecular formula is C21H19ClN4O3. The third-order valence-electron chi connectivity index (χ3n) is 4.98. The number of benzene rings is 2. The summed E-state index contributed by atoms with van der Waals surface area (Å²) in [5.41, 5.74) is 0.609. The van der Waals surface area contributed by atoms with E-state index in [2.05, 4.69) is 10.1 Å². The Hall–Kier alpha value is -3.19. The predicted octanol–water partition coefficient (Wildman–Crippen LogP) is 3.89. The summed E-state index contributed by atoms with van der Waals surface area (Å²) in [5.74, 6) is 0.681. The summed E-state index contributed by atoms with van der Waals surface area (Å²) in [6.45, 7) is 3.86. The second kappa shape index (κ2) is 7.67. The zero-order chi connectivity index (χ0) is 20.5. The van der Waals surface area contributed by atoms with E-state index in [9.17, 15) is 9.59 Å². The topological polar surface area (TPSA) is 82.9 Å². The molecule has 0 bridgehead atoms. The Kier molecular flexibility index (Phi) is 5.07. The van der Waals surface area contributed by atoms with Crippen LogP contribution in [0.25, 0.3) is 22.3 Å². The average molecular weight is 411 g/mol. The normalized spacial score (nSPS) is 12.4. The lowest BCUT2D eigenvalue weighted by atomic mass is 10.2. The van der Waals surface area contributed by atoms with Gasteiger partial charge in [0.2, 0.25) is 11.7 Å². The molecule has 1 unspecified atom stereocenters. The maximum Gasteiger partial charge on any atom is 0.332 e. The molecule has 0 radical (unpaired) electrons. The largest absolute Gasteiger partial charge is 0.337 e. The molecule has 2 aromatic heterocycles. The first-order valence-corrected chi connectivity index (χ1v) is 9.70. The van der Waals surface area contributed by atoms with Crippen molar-refractivity contribution in [3.05, 3.63) is 80.3 Å². The molecule has 1 atom stereocenters. The van der Waals surface area contributed by atoms with E-state index in [4.69, 9.17) is 16.1 Å². The van der Waals surface area contributed by atoms with E-state index >= 15 is 0 Å². The zero-order valence-corrected chi connectivity index (χ0v) is 16.8. The summed E-state index contributed by atoms with van der Waals surface area (Å²) < 4.78 is 8.17. The number of para-hydroxylation sites is 1. The van der Waals surface area contributed by atoms with Crippen LogP contribution >= 0.6 is 11.6 Å². The summed E-state index contributed by atoms with van der Waals surface area (Å²) in [6.07, 6.45) is 0.661. The standard InChI is InChI=1S/C21H19ClN4O3/c1-3-13(2)26-20(27)16-6-4-5-7-17(16)25(21(26)28)12-18-23-19(24-29-18)14-8-10-15(22)11-9-14/h4-11,13H,3,12H2,1-2H3. The van der Waals surface area contributed by atoms with Crippen molar-refractivity contribution in [1.29, 1.82) is 0 Å². The van der Waals surface area contributed by atoms with Crippen molar-refractivity contribution in [1.82, 2.24) is 19.3 Å². The predicted molar refractivity (Wildman–Crippen MR) is 111 cm³/mol. The van der Waals surface area contributed by atoms with E-state index in [1.54, 1.807) is 48.5 Å². The fourth-order valence-corrected chi connectivity index (χ4v) is 3.36. The number of rotatable bonds is 5. The third kappa shape index (κ3) is 3.49. The van der Waals surface area contributed by atoms with Gasteiger partial charge in [-0.3, -0.25) is 13.9 Å². The molecule has 0 saturated carbocycles. The monoisotopic (exact) mass is 410 g/mol. The first kappa shape index (κ1) is 19.1. The molecule has 0 saturated heterocycles. The Bertz CT molecular complexity index is 1290. The third-order valence-corrected chi connectivity index (χ3v) is 5.23. The molecule has 0 aliphatic rings. The summed E-state index contributed by atoms with van der Waals surface area (Å²) in [7, 11) is 0. The highest BCUT2D eigenvalue weighted by Gasteiger charge is 2.18. The molecule has 0 N–H and O–H groups in total. The van der Waals surface area contributed by atoms with Gasteiger partial charge in [-0.15, -0.1) is 0 Å². The quantitative estimate of drug-likeness (QED) is 0.498. The van der Waals surface area contributed by atoms with Gasteiger partial charge in [-0.25, -0.2) is 4.79 Å². The molecule has 0 spiro atoms. The lowest BCUT2D eigenvalue weighted by Gasteiger charge is -2.16. The Morgan fingerprint density at radius 1 is 1.10 bits per heavy atom. The van der Waals surface area contributed by atoms with Gasteiger partial charge in [-0.1, -0.05) is 35.8 Å². The molecule has 2 heterocycles. The first-order chi connectivity index (χ1) is 14.0. The lowest BCUT2D eigenvalue weighted by Crippen LogP contribution is -2.41. The minimum atomic E-state index is -0.394. The number of fused-ring (bicyclic) bond motifs is 1. The van der Waals surface area contributed by atoms with E-state index < -0.39 is 5.69 Å². The van der Waals surface area contributed by atoms with Crippen molar-refractivity contribution in [3.8, 4) is 11.4 Å². The van der Waals surface area contributed by atoms with Gasteiger partial charge in [0.1, 0.15) is 6.54 Å². The van der Waals surface area contributed by atoms with Gasteiger partial charge in [0.25, 0.3) is 5.56 Å². The summed E-state index contributed by atoms with van der Waals surface area (Å²) in [4.78, 5) is 30.4. The van der Waals surface area contributed by atoms with E-state index in [1.807, 2.05) is 13.8 Å². The molecule has 29 heavy (non-hydrogen) atoms. The van der Waals surface area contributed by atoms with E-state index in [-0.39, 0.29) is 24.0 Å². The van der Waals surface area contributed by atoms with Gasteiger partial charge in [0.05, 0.1) is 10.9 Å². The number of hydrogen-bond donors (Lipinski definition) is 0. The van der Waals surface area contributed by atoms with Crippen molar-refractivity contribution in [3.63, 3.8) is 0 Å². The molecule has 0 aliphatic heterocycles. The molecule has 4 aromatic rings. The number of hydrogen-bond acceptors (Lipinski definition) is 5. The minimum absolute atomic E-state index is 0.0661. The van der Waals surface area contributed by atoms with E-state index in [0.717, 1.165) is 5.56 Å². The van der Waals surface area contributed by atoms with Crippen LogP contribution in [0.3, 0.4) is 0 Å². The van der Waals surface area contributed by atoms with Gasteiger partial charge in [0, 0.05) is 16.6 Å². The maximum absolute atomic E-state index is 13.1. The van der Waals surface area contributed by atoms with Gasteiger partial charge >= 0.3 is 5.69 Å². The maximum atomic E-state index is 13.1. The van der Waals surface area contributed by atoms with Crippen LogP contribution in [0.2, 0.25) is 5.02 Å². The highest BCUT2D eigenvalue weighted by atomic mass is 35.5. The highest BCUT2D eigenvalue weighted by molar-refractivity contribution is 6.30. The zero-order valence-electron chi connectivity index (χ0n) is 16.0. The molecular weight excluding hydrogens is 392 g/mol. The van der Waals surface area contributed by atoms with Crippen molar-refractivity contribution < 1.29 is 4.52 Å². The van der Waals surface area contributed by atoms with Crippen LogP contribution in [0.4, 0.5) is 0 Å². The highest BCUT2D eigenvalue weighted by Crippen LogP contribution is 2.19. The van der Waals surface area contributed by atoms with Crippen LogP contribution in [0.5, 0.6) is 0 Å². The van der Waals surface area contributed by atoms with E-state index in [1.165, 1.54) is 9.13 Å². The number of nitrogens with zero attached hydrogens (tertiary/aromatic N) is 4. The van der Waals surface area contributed by atoms with Crippen LogP contribution in [-0.2, 0) is 6.54 Å². The fourth-order valence-electron chi connectivity index (χ4n) is 3.23. The Morgan fingerprint density at radius 2 is 1.83 bits per heavy atom. The average Bonchev–Trinajstić information content (AvgIpc) is 3.20. The molecule has 0 aliphatic carbocycles. The fraction of sp³-hybridized carbons (Fsp3) is 0.238. The van der Waals surface area contributed by atoms with Crippen molar-refractivity contribution in [2.45, 2.75) is 32.9 Å². The summed E-state index contributed by atoms with van der Waals surface area (Å²) >= 11 is 5.92. The minimum Gasteiger partial charge on any atom is -0.337 e. The SMILES string of the molecule is CCC(C)n1c(=O)c2ccccc2n(Cc2nc(-c3ccc(Cl)cc3)no2)c1=O. The van der Waals surface area contributed by atoms with Crippen LogP contribution < -0.4 is 11.2 Å². The molecule has 2 aromatic carbocycles. The van der Waals surface area contributed by atoms with Crippen LogP contribution in [0.15, 0.2) is 62.6 Å². The summed E-state index contributed by atoms with van der Waals surface area (Å²) in [6, 6.07) is 13.9. The number of aromatic nitrogens is 4. The van der Waals surface area contributed by atoms with Gasteiger partial charge < -0.3 is 4.52 Å². The van der Waals surface area contributed by atoms with Gasteiger partial charge in [-0.2, -0.15) is 4.98 Å². The number of halogens is 1. The molecule has 8 heteroatoms. The van der Waals surface area contributed by atoms with Gasteiger partial charge in [-0.05, 0) is 49.7 Å². The van der Waals surface area contributed by atoms with Crippen LogP contribution in [0.1, 0.15) is 32.2 Å². The lowest BCUT2D eigenvalue weighted by molar-refractivity contribution is 0.367. The second-order valence-corrected chi connectivity index (χ2v) is 7.27. The molecule has 0 amide bonds. The van der Waals surface area contributed by atoms with Crippen molar-refractivity contribution in [2.24, 2.45) is 0 Å². The molecule has 7 nitrogen and oxygen atoms in total. The molecule has 148 valence electrons. The smallest absolute Gasteiger partial charge is 0.332 e. The Morgan fingerprint density at radius 3 is 2.55 bits per heavy atom. The first-order valence-electron chi connectivity index (χ1n) is 9.32. The second-order valence-electron chi connectivity index (χ2n) is 6.84. The molecule has 0 fully saturated rings. The van der Waals surface area contributed by atoms with E-state index in [0.29, 0.717) is 28.2 Å². The van der Waals surface area contributed by atoms with Crippen molar-refractivity contribution >= 4 is 22.5 Å². The Labute approximate surface area is 171 Å². The molecule has 4 rings (SSSR count).